The lowest BCUT2D eigenvalue weighted by molar-refractivity contribution is 0.319. The third-order valence-electron chi connectivity index (χ3n) is 4.29. The molecular formula is C17H24N2. The van der Waals surface area contributed by atoms with Crippen LogP contribution in [0.2, 0.25) is 0 Å². The van der Waals surface area contributed by atoms with Crippen LogP contribution < -0.4 is 5.32 Å². The molecule has 0 aliphatic heterocycles. The van der Waals surface area contributed by atoms with Gasteiger partial charge in [-0.15, -0.1) is 0 Å². The number of nitriles is 1. The average molecular weight is 256 g/mol. The van der Waals surface area contributed by atoms with E-state index in [0.717, 1.165) is 22.7 Å². The Morgan fingerprint density at radius 3 is 2.63 bits per heavy atom. The fraction of sp³-hybridized carbons (Fsp3) is 0.588. The molecule has 2 rings (SSSR count). The van der Waals surface area contributed by atoms with Crippen molar-refractivity contribution in [3.05, 3.63) is 29.3 Å². The Bertz CT molecular complexity index is 451. The van der Waals surface area contributed by atoms with E-state index in [0.29, 0.717) is 6.04 Å². The summed E-state index contributed by atoms with van der Waals surface area (Å²) in [6, 6.07) is 8.93. The van der Waals surface area contributed by atoms with Crippen molar-refractivity contribution in [1.29, 1.82) is 5.26 Å². The first-order valence-electron chi connectivity index (χ1n) is 7.50. The van der Waals surface area contributed by atoms with E-state index in [1.54, 1.807) is 0 Å². The monoisotopic (exact) mass is 256 g/mol. The highest BCUT2D eigenvalue weighted by Crippen LogP contribution is 2.30. The molecule has 2 heteroatoms. The number of nitrogens with one attached hydrogen (secondary N) is 1. The van der Waals surface area contributed by atoms with Gasteiger partial charge >= 0.3 is 0 Å². The van der Waals surface area contributed by atoms with E-state index >= 15 is 0 Å². The minimum atomic E-state index is 0.544. The lowest BCUT2D eigenvalue weighted by Crippen LogP contribution is -2.26. The second kappa shape index (κ2) is 6.61. The summed E-state index contributed by atoms with van der Waals surface area (Å²) in [6.07, 6.45) is 7.82. The summed E-state index contributed by atoms with van der Waals surface area (Å²) in [7, 11) is 0. The Morgan fingerprint density at radius 2 is 2.00 bits per heavy atom. The van der Waals surface area contributed by atoms with E-state index in [1.807, 2.05) is 25.1 Å². The molecule has 0 amide bonds. The fourth-order valence-electron chi connectivity index (χ4n) is 3.16. The number of hydrogen-bond acceptors (Lipinski definition) is 2. The van der Waals surface area contributed by atoms with E-state index < -0.39 is 0 Å². The van der Waals surface area contributed by atoms with E-state index in [2.05, 4.69) is 18.3 Å². The number of hydrogen-bond donors (Lipinski definition) is 1. The molecule has 0 bridgehead atoms. The molecule has 0 radical (unpaired) electrons. The minimum Gasteiger partial charge on any atom is -0.381 e. The number of aryl methyl sites for hydroxylation is 1. The number of anilines is 1. The van der Waals surface area contributed by atoms with Crippen LogP contribution in [-0.4, -0.2) is 6.04 Å². The van der Waals surface area contributed by atoms with Gasteiger partial charge in [0, 0.05) is 6.04 Å². The normalized spacial score (nSPS) is 22.8. The van der Waals surface area contributed by atoms with Crippen molar-refractivity contribution < 1.29 is 0 Å². The van der Waals surface area contributed by atoms with Gasteiger partial charge < -0.3 is 5.32 Å². The quantitative estimate of drug-likeness (QED) is 0.852. The van der Waals surface area contributed by atoms with E-state index in [9.17, 15) is 5.26 Å². The van der Waals surface area contributed by atoms with Gasteiger partial charge in [-0.2, -0.15) is 5.26 Å². The third-order valence-corrected chi connectivity index (χ3v) is 4.29. The molecule has 0 saturated heterocycles. The molecule has 19 heavy (non-hydrogen) atoms. The maximum atomic E-state index is 9.25. The van der Waals surface area contributed by atoms with E-state index in [4.69, 9.17) is 0 Å². The average Bonchev–Trinajstić information content (AvgIpc) is 2.42. The third kappa shape index (κ3) is 3.50. The second-order valence-electron chi connectivity index (χ2n) is 5.76. The van der Waals surface area contributed by atoms with Crippen LogP contribution in [0.1, 0.15) is 56.6 Å². The van der Waals surface area contributed by atoms with Gasteiger partial charge in [0.05, 0.1) is 11.3 Å². The van der Waals surface area contributed by atoms with Crippen molar-refractivity contribution in [1.82, 2.24) is 0 Å². The Balaban J connectivity index is 1.96. The summed E-state index contributed by atoms with van der Waals surface area (Å²) in [5.41, 5.74) is 2.88. The van der Waals surface area contributed by atoms with Crippen molar-refractivity contribution in [2.24, 2.45) is 5.92 Å². The largest absolute Gasteiger partial charge is 0.381 e. The van der Waals surface area contributed by atoms with Crippen LogP contribution in [0.25, 0.3) is 0 Å². The van der Waals surface area contributed by atoms with Crippen LogP contribution in [0.5, 0.6) is 0 Å². The van der Waals surface area contributed by atoms with Gasteiger partial charge in [-0.25, -0.2) is 0 Å². The van der Waals surface area contributed by atoms with Crippen molar-refractivity contribution >= 4 is 5.69 Å². The van der Waals surface area contributed by atoms with Gasteiger partial charge in [0.2, 0.25) is 0 Å². The minimum absolute atomic E-state index is 0.544. The van der Waals surface area contributed by atoms with E-state index in [-0.39, 0.29) is 0 Å². The number of rotatable bonds is 4. The predicted molar refractivity (Wildman–Crippen MR) is 80.2 cm³/mol. The first kappa shape index (κ1) is 13.9. The zero-order valence-corrected chi connectivity index (χ0v) is 12.1. The SMILES string of the molecule is CCCC1CCC(Nc2cccc(C)c2C#N)CC1. The molecule has 0 aromatic heterocycles. The highest BCUT2D eigenvalue weighted by Gasteiger charge is 2.21. The van der Waals surface area contributed by atoms with Crippen molar-refractivity contribution in [3.8, 4) is 6.07 Å². The topological polar surface area (TPSA) is 35.8 Å². The first-order chi connectivity index (χ1) is 9.24. The zero-order valence-electron chi connectivity index (χ0n) is 12.1. The van der Waals surface area contributed by atoms with Crippen LogP contribution >= 0.6 is 0 Å². The van der Waals surface area contributed by atoms with Gasteiger partial charge in [0.1, 0.15) is 6.07 Å². The highest BCUT2D eigenvalue weighted by atomic mass is 14.9. The maximum Gasteiger partial charge on any atom is 0.102 e. The van der Waals surface area contributed by atoms with Gasteiger partial charge in [-0.1, -0.05) is 31.9 Å². The van der Waals surface area contributed by atoms with Crippen LogP contribution in [0.15, 0.2) is 18.2 Å². The standard InChI is InChI=1S/C17H24N2/c1-3-5-14-8-10-15(11-9-14)19-17-7-4-6-13(2)16(17)12-18/h4,6-7,14-15,19H,3,5,8-11H2,1-2H3. The predicted octanol–water partition coefficient (Wildman–Crippen LogP) is 4.64. The summed E-state index contributed by atoms with van der Waals surface area (Å²) in [6.45, 7) is 4.28. The second-order valence-corrected chi connectivity index (χ2v) is 5.76. The van der Waals surface area contributed by atoms with Crippen molar-refractivity contribution in [2.75, 3.05) is 5.32 Å². The lowest BCUT2D eigenvalue weighted by atomic mass is 9.83. The molecule has 0 atom stereocenters. The summed E-state index contributed by atoms with van der Waals surface area (Å²) in [5, 5.41) is 12.8. The molecule has 1 aliphatic rings. The van der Waals surface area contributed by atoms with Crippen molar-refractivity contribution in [3.63, 3.8) is 0 Å². The Kier molecular flexibility index (Phi) is 4.85. The molecule has 102 valence electrons. The molecule has 1 saturated carbocycles. The lowest BCUT2D eigenvalue weighted by Gasteiger charge is -2.30. The molecular weight excluding hydrogens is 232 g/mol. The van der Waals surface area contributed by atoms with Crippen LogP contribution in [0.3, 0.4) is 0 Å². The van der Waals surface area contributed by atoms with Crippen LogP contribution in [0.4, 0.5) is 5.69 Å². The molecule has 1 aromatic rings. The summed E-state index contributed by atoms with van der Waals surface area (Å²) in [4.78, 5) is 0. The summed E-state index contributed by atoms with van der Waals surface area (Å²) in [5.74, 6) is 0.927. The maximum absolute atomic E-state index is 9.25. The molecule has 0 heterocycles. The number of nitrogens with zero attached hydrogens (tertiary/aromatic N) is 1. The van der Waals surface area contributed by atoms with Crippen LogP contribution in [0, 0.1) is 24.2 Å². The Morgan fingerprint density at radius 1 is 1.26 bits per heavy atom. The molecule has 1 aromatic carbocycles. The van der Waals surface area contributed by atoms with Crippen LogP contribution in [-0.2, 0) is 0 Å². The molecule has 1 fully saturated rings. The summed E-state index contributed by atoms with van der Waals surface area (Å²) >= 11 is 0. The zero-order chi connectivity index (χ0) is 13.7. The van der Waals surface area contributed by atoms with E-state index in [1.165, 1.54) is 38.5 Å². The molecule has 1 aliphatic carbocycles. The van der Waals surface area contributed by atoms with Gasteiger partial charge in [0.25, 0.3) is 0 Å². The smallest absolute Gasteiger partial charge is 0.102 e. The highest BCUT2D eigenvalue weighted by molar-refractivity contribution is 5.61. The van der Waals surface area contributed by atoms with Crippen molar-refractivity contribution in [2.45, 2.75) is 58.4 Å². The van der Waals surface area contributed by atoms with Gasteiger partial charge in [-0.05, 0) is 50.2 Å². The Hall–Kier alpha value is -1.49. The number of benzene rings is 1. The molecule has 2 nitrogen and oxygen atoms in total. The summed E-state index contributed by atoms with van der Waals surface area (Å²) < 4.78 is 0. The van der Waals surface area contributed by atoms with Gasteiger partial charge in [-0.3, -0.25) is 0 Å². The molecule has 0 unspecified atom stereocenters. The molecule has 0 spiro atoms. The molecule has 1 N–H and O–H groups in total. The first-order valence-corrected chi connectivity index (χ1v) is 7.50. The Labute approximate surface area is 116 Å². The van der Waals surface area contributed by atoms with Gasteiger partial charge in [0.15, 0.2) is 0 Å². The fourth-order valence-corrected chi connectivity index (χ4v) is 3.16.